The van der Waals surface area contributed by atoms with Crippen molar-refractivity contribution < 1.29 is 19.1 Å². The Labute approximate surface area is 166 Å². The fraction of sp³-hybridized carbons (Fsp3) is 0.333. The number of pyridine rings is 2. The fourth-order valence-electron chi connectivity index (χ4n) is 3.81. The van der Waals surface area contributed by atoms with Crippen LogP contribution in [0.15, 0.2) is 30.6 Å². The topological polar surface area (TPSA) is 97.1 Å². The summed E-state index contributed by atoms with van der Waals surface area (Å²) in [6.45, 7) is 2.29. The number of nitrogens with zero attached hydrogens (tertiary/aromatic N) is 3. The van der Waals surface area contributed by atoms with Crippen LogP contribution in [-0.2, 0) is 13.0 Å². The zero-order chi connectivity index (χ0) is 20.5. The maximum atomic E-state index is 14.4. The summed E-state index contributed by atoms with van der Waals surface area (Å²) in [5.74, 6) is -2.14. The van der Waals surface area contributed by atoms with Crippen molar-refractivity contribution in [3.05, 3.63) is 58.9 Å². The highest BCUT2D eigenvalue weighted by molar-refractivity contribution is 5.96. The molecule has 3 aromatic heterocycles. The van der Waals surface area contributed by atoms with E-state index in [0.717, 1.165) is 30.8 Å². The predicted octanol–water partition coefficient (Wildman–Crippen LogP) is 3.49. The Morgan fingerprint density at radius 3 is 2.90 bits per heavy atom. The molecule has 1 amide bonds. The maximum absolute atomic E-state index is 14.4. The minimum Gasteiger partial charge on any atom is -0.477 e. The Bertz CT molecular complexity index is 1110. The number of aromatic nitrogens is 3. The van der Waals surface area contributed by atoms with Crippen molar-refractivity contribution in [1.29, 1.82) is 0 Å². The van der Waals surface area contributed by atoms with E-state index >= 15 is 0 Å². The first-order valence-corrected chi connectivity index (χ1v) is 9.62. The second-order valence-corrected chi connectivity index (χ2v) is 7.30. The smallest absolute Gasteiger partial charge is 0.352 e. The van der Waals surface area contributed by atoms with Gasteiger partial charge in [0.15, 0.2) is 5.82 Å². The van der Waals surface area contributed by atoms with Crippen molar-refractivity contribution >= 4 is 22.9 Å². The van der Waals surface area contributed by atoms with Crippen LogP contribution in [0, 0.1) is 5.82 Å². The highest BCUT2D eigenvalue weighted by atomic mass is 19.1. The highest BCUT2D eigenvalue weighted by Crippen LogP contribution is 2.24. The summed E-state index contributed by atoms with van der Waals surface area (Å²) >= 11 is 0. The molecule has 3 aromatic rings. The molecule has 4 heterocycles. The van der Waals surface area contributed by atoms with Gasteiger partial charge in [-0.15, -0.1) is 0 Å². The SMILES string of the molecule is C[C@H]1NC(=O)c2c(F)cncc2CCCCCn2c(C(=O)O)cc3ccc1nc32. The minimum atomic E-state index is -0.998. The molecule has 1 aliphatic rings. The number of aromatic carboxylic acids is 1. The van der Waals surface area contributed by atoms with Gasteiger partial charge in [-0.25, -0.2) is 14.2 Å². The zero-order valence-electron chi connectivity index (χ0n) is 16.0. The number of carbonyl (C=O) groups is 2. The Morgan fingerprint density at radius 1 is 1.28 bits per heavy atom. The third-order valence-corrected chi connectivity index (χ3v) is 5.31. The van der Waals surface area contributed by atoms with Crippen LogP contribution >= 0.6 is 0 Å². The number of halogens is 1. The van der Waals surface area contributed by atoms with Crippen LogP contribution in [0.4, 0.5) is 4.39 Å². The van der Waals surface area contributed by atoms with Gasteiger partial charge in [0.1, 0.15) is 11.3 Å². The lowest BCUT2D eigenvalue weighted by Gasteiger charge is -2.17. The van der Waals surface area contributed by atoms with E-state index in [-0.39, 0.29) is 11.3 Å². The number of hydrogen-bond donors (Lipinski definition) is 2. The number of rotatable bonds is 1. The molecule has 7 nitrogen and oxygen atoms in total. The second kappa shape index (κ2) is 7.62. The van der Waals surface area contributed by atoms with Crippen molar-refractivity contribution in [3.8, 4) is 0 Å². The summed E-state index contributed by atoms with van der Waals surface area (Å²) in [6, 6.07) is 4.69. The average Bonchev–Trinajstić information content (AvgIpc) is 3.05. The van der Waals surface area contributed by atoms with Crippen LogP contribution in [0.3, 0.4) is 0 Å². The molecule has 0 saturated heterocycles. The molecule has 0 fully saturated rings. The molecule has 29 heavy (non-hydrogen) atoms. The van der Waals surface area contributed by atoms with Crippen LogP contribution in [0.5, 0.6) is 0 Å². The number of aryl methyl sites for hydroxylation is 2. The van der Waals surface area contributed by atoms with E-state index < -0.39 is 23.7 Å². The van der Waals surface area contributed by atoms with Gasteiger partial charge in [0.05, 0.1) is 23.5 Å². The number of nitrogens with one attached hydrogen (secondary N) is 1. The number of carboxylic acids is 1. The molecule has 1 atom stereocenters. The van der Waals surface area contributed by atoms with E-state index in [1.165, 1.54) is 6.20 Å². The number of amides is 1. The van der Waals surface area contributed by atoms with Crippen LogP contribution in [-0.4, -0.2) is 31.5 Å². The first kappa shape index (κ1) is 19.0. The van der Waals surface area contributed by atoms with E-state index in [1.54, 1.807) is 29.7 Å². The van der Waals surface area contributed by atoms with E-state index in [9.17, 15) is 19.1 Å². The maximum Gasteiger partial charge on any atom is 0.352 e. The Balaban J connectivity index is 1.79. The molecule has 8 heteroatoms. The fourth-order valence-corrected chi connectivity index (χ4v) is 3.81. The highest BCUT2D eigenvalue weighted by Gasteiger charge is 2.22. The Hall–Kier alpha value is -3.29. The standard InChI is InChI=1S/C21H21FN4O3/c1-12-16-7-6-13-9-17(21(28)29)26(19(13)25-16)8-4-2-3-5-14-10-23-11-15(22)18(14)20(27)24-12/h6-7,9-12H,2-5,8H2,1H3,(H,24,27)(H,28,29)/t12-/m1/s1. The van der Waals surface area contributed by atoms with Crippen LogP contribution in [0.2, 0.25) is 0 Å². The van der Waals surface area contributed by atoms with Crippen molar-refractivity contribution in [2.75, 3.05) is 0 Å². The van der Waals surface area contributed by atoms with Gasteiger partial charge in [-0.05, 0) is 49.9 Å². The van der Waals surface area contributed by atoms with Gasteiger partial charge in [0.2, 0.25) is 0 Å². The van der Waals surface area contributed by atoms with Crippen molar-refractivity contribution in [1.82, 2.24) is 19.9 Å². The lowest BCUT2D eigenvalue weighted by molar-refractivity contribution is 0.0685. The lowest BCUT2D eigenvalue weighted by atomic mass is 10.0. The second-order valence-electron chi connectivity index (χ2n) is 7.30. The third-order valence-electron chi connectivity index (χ3n) is 5.31. The van der Waals surface area contributed by atoms with Gasteiger partial charge in [-0.2, -0.15) is 0 Å². The van der Waals surface area contributed by atoms with Crippen molar-refractivity contribution in [2.45, 2.75) is 45.2 Å². The molecule has 0 spiro atoms. The monoisotopic (exact) mass is 396 g/mol. The summed E-state index contributed by atoms with van der Waals surface area (Å²) < 4.78 is 16.1. The first-order chi connectivity index (χ1) is 14.0. The van der Waals surface area contributed by atoms with Crippen LogP contribution < -0.4 is 5.32 Å². The van der Waals surface area contributed by atoms with Crippen molar-refractivity contribution in [2.24, 2.45) is 0 Å². The first-order valence-electron chi connectivity index (χ1n) is 9.62. The summed E-state index contributed by atoms with van der Waals surface area (Å²) in [5, 5.41) is 13.1. The summed E-state index contributed by atoms with van der Waals surface area (Å²) in [6.07, 6.45) is 5.39. The largest absolute Gasteiger partial charge is 0.477 e. The molecular formula is C21H21FN4O3. The zero-order valence-corrected chi connectivity index (χ0v) is 16.0. The third kappa shape index (κ3) is 3.57. The lowest BCUT2D eigenvalue weighted by Crippen LogP contribution is -2.29. The normalized spacial score (nSPS) is 17.6. The van der Waals surface area contributed by atoms with Gasteiger partial charge in [0.25, 0.3) is 5.91 Å². The molecule has 1 aliphatic heterocycles. The van der Waals surface area contributed by atoms with Crippen molar-refractivity contribution in [3.63, 3.8) is 0 Å². The molecule has 2 N–H and O–H groups in total. The quantitative estimate of drug-likeness (QED) is 0.656. The Kier molecular flexibility index (Phi) is 5.00. The van der Waals surface area contributed by atoms with Gasteiger partial charge in [-0.1, -0.05) is 6.42 Å². The molecule has 0 aliphatic carbocycles. The van der Waals surface area contributed by atoms with Gasteiger partial charge < -0.3 is 15.0 Å². The average molecular weight is 396 g/mol. The molecule has 0 unspecified atom stereocenters. The number of hydrogen-bond acceptors (Lipinski definition) is 4. The van der Waals surface area contributed by atoms with Gasteiger partial charge in [0, 0.05) is 18.1 Å². The van der Waals surface area contributed by atoms with Crippen LogP contribution in [0.1, 0.15) is 64.3 Å². The van der Waals surface area contributed by atoms with E-state index in [0.29, 0.717) is 29.9 Å². The molecule has 0 aromatic carbocycles. The predicted molar refractivity (Wildman–Crippen MR) is 104 cm³/mol. The molecule has 2 bridgehead atoms. The van der Waals surface area contributed by atoms with Crippen LogP contribution in [0.25, 0.3) is 11.0 Å². The molecule has 0 saturated carbocycles. The summed E-state index contributed by atoms with van der Waals surface area (Å²) in [7, 11) is 0. The van der Waals surface area contributed by atoms with E-state index in [1.807, 2.05) is 0 Å². The molecule has 0 radical (unpaired) electrons. The molecular weight excluding hydrogens is 375 g/mol. The minimum absolute atomic E-state index is 0.0292. The molecule has 4 rings (SSSR count). The van der Waals surface area contributed by atoms with E-state index in [4.69, 9.17) is 0 Å². The summed E-state index contributed by atoms with van der Waals surface area (Å²) in [5.41, 5.74) is 1.96. The Morgan fingerprint density at radius 2 is 2.10 bits per heavy atom. The van der Waals surface area contributed by atoms with Gasteiger partial charge >= 0.3 is 5.97 Å². The number of carboxylic acid groups (broad SMARTS) is 1. The van der Waals surface area contributed by atoms with E-state index in [2.05, 4.69) is 15.3 Å². The summed E-state index contributed by atoms with van der Waals surface area (Å²) in [4.78, 5) is 33.0. The molecule has 150 valence electrons. The number of fused-ring (bicyclic) bond motifs is 2. The number of carbonyl (C=O) groups excluding carboxylic acids is 1. The van der Waals surface area contributed by atoms with Gasteiger partial charge in [-0.3, -0.25) is 9.78 Å².